The van der Waals surface area contributed by atoms with E-state index in [0.29, 0.717) is 16.5 Å². The molecule has 5 nitrogen and oxygen atoms in total. The summed E-state index contributed by atoms with van der Waals surface area (Å²) < 4.78 is 32.4. The predicted octanol–water partition coefficient (Wildman–Crippen LogP) is 3.15. The average Bonchev–Trinajstić information content (AvgIpc) is 2.45. The molecule has 3 N–H and O–H groups in total. The van der Waals surface area contributed by atoms with E-state index in [-0.39, 0.29) is 11.4 Å². The third kappa shape index (κ3) is 5.51. The second-order valence-electron chi connectivity index (χ2n) is 5.84. The highest BCUT2D eigenvalue weighted by Gasteiger charge is 2.18. The van der Waals surface area contributed by atoms with Crippen molar-refractivity contribution in [2.24, 2.45) is 5.73 Å². The van der Waals surface area contributed by atoms with Crippen molar-refractivity contribution in [3.8, 4) is 11.5 Å². The minimum absolute atomic E-state index is 0.149. The SMILES string of the molecule is CC(C)(N)CNS(=O)(=O)c1ccc(Oc2cccc(Cl)c2)cc1. The van der Waals surface area contributed by atoms with E-state index in [1.165, 1.54) is 12.1 Å². The summed E-state index contributed by atoms with van der Waals surface area (Å²) in [6, 6.07) is 13.1. The molecule has 2 aromatic rings. The number of rotatable bonds is 6. The fraction of sp³-hybridized carbons (Fsp3) is 0.250. The van der Waals surface area contributed by atoms with Crippen molar-refractivity contribution in [1.82, 2.24) is 4.72 Å². The van der Waals surface area contributed by atoms with Gasteiger partial charge in [0.05, 0.1) is 4.90 Å². The quantitative estimate of drug-likeness (QED) is 0.834. The van der Waals surface area contributed by atoms with E-state index in [1.54, 1.807) is 50.2 Å². The summed E-state index contributed by atoms with van der Waals surface area (Å²) >= 11 is 5.89. The van der Waals surface area contributed by atoms with Gasteiger partial charge in [0.1, 0.15) is 11.5 Å². The van der Waals surface area contributed by atoms with Gasteiger partial charge in [-0.2, -0.15) is 0 Å². The van der Waals surface area contributed by atoms with E-state index in [2.05, 4.69) is 4.72 Å². The molecule has 0 fully saturated rings. The Morgan fingerprint density at radius 1 is 1.13 bits per heavy atom. The Balaban J connectivity index is 2.10. The maximum atomic E-state index is 12.2. The molecule has 0 atom stereocenters. The van der Waals surface area contributed by atoms with Crippen LogP contribution in [0.15, 0.2) is 53.4 Å². The van der Waals surface area contributed by atoms with Crippen molar-refractivity contribution in [2.75, 3.05) is 6.54 Å². The molecule has 7 heteroatoms. The molecule has 0 bridgehead atoms. The molecular weight excluding hydrogens is 336 g/mol. The van der Waals surface area contributed by atoms with Crippen LogP contribution in [0.1, 0.15) is 13.8 Å². The summed E-state index contributed by atoms with van der Waals surface area (Å²) in [4.78, 5) is 0.153. The van der Waals surface area contributed by atoms with Crippen molar-refractivity contribution < 1.29 is 13.2 Å². The molecule has 23 heavy (non-hydrogen) atoms. The summed E-state index contributed by atoms with van der Waals surface area (Å²) in [6.45, 7) is 3.64. The topological polar surface area (TPSA) is 81.4 Å². The van der Waals surface area contributed by atoms with Gasteiger partial charge >= 0.3 is 0 Å². The molecule has 0 aliphatic rings. The zero-order valence-corrected chi connectivity index (χ0v) is 14.5. The van der Waals surface area contributed by atoms with Gasteiger partial charge in [0.25, 0.3) is 0 Å². The van der Waals surface area contributed by atoms with Gasteiger partial charge in [-0.25, -0.2) is 13.1 Å². The van der Waals surface area contributed by atoms with Crippen LogP contribution in [-0.4, -0.2) is 20.5 Å². The smallest absolute Gasteiger partial charge is 0.240 e. The van der Waals surface area contributed by atoms with Crippen LogP contribution in [0.5, 0.6) is 11.5 Å². The van der Waals surface area contributed by atoms with Crippen molar-refractivity contribution >= 4 is 21.6 Å². The molecule has 2 aromatic carbocycles. The number of ether oxygens (including phenoxy) is 1. The Bertz CT molecular complexity index is 769. The van der Waals surface area contributed by atoms with Crippen LogP contribution in [0.3, 0.4) is 0 Å². The summed E-state index contributed by atoms with van der Waals surface area (Å²) in [7, 11) is -3.60. The van der Waals surface area contributed by atoms with E-state index >= 15 is 0 Å². The second-order valence-corrected chi connectivity index (χ2v) is 8.05. The van der Waals surface area contributed by atoms with Crippen LogP contribution >= 0.6 is 11.6 Å². The molecule has 0 saturated heterocycles. The van der Waals surface area contributed by atoms with Crippen molar-refractivity contribution in [3.05, 3.63) is 53.6 Å². The Morgan fingerprint density at radius 2 is 1.78 bits per heavy atom. The van der Waals surface area contributed by atoms with Crippen LogP contribution in [-0.2, 0) is 10.0 Å². The van der Waals surface area contributed by atoms with Crippen molar-refractivity contribution in [2.45, 2.75) is 24.3 Å². The van der Waals surface area contributed by atoms with Gasteiger partial charge in [-0.3, -0.25) is 0 Å². The Hall–Kier alpha value is -1.60. The number of sulfonamides is 1. The highest BCUT2D eigenvalue weighted by atomic mass is 35.5. The third-order valence-electron chi connectivity index (χ3n) is 2.88. The van der Waals surface area contributed by atoms with Crippen LogP contribution in [0, 0.1) is 0 Å². The maximum Gasteiger partial charge on any atom is 0.240 e. The molecule has 2 rings (SSSR count). The van der Waals surface area contributed by atoms with E-state index in [4.69, 9.17) is 22.1 Å². The number of halogens is 1. The normalized spacial score (nSPS) is 12.2. The highest BCUT2D eigenvalue weighted by molar-refractivity contribution is 7.89. The van der Waals surface area contributed by atoms with Crippen LogP contribution in [0.25, 0.3) is 0 Å². The molecule has 124 valence electrons. The third-order valence-corrected chi connectivity index (χ3v) is 4.54. The van der Waals surface area contributed by atoms with Gasteiger partial charge in [-0.05, 0) is 56.3 Å². The monoisotopic (exact) mass is 354 g/mol. The molecule has 0 heterocycles. The summed E-state index contributed by atoms with van der Waals surface area (Å²) in [5.41, 5.74) is 5.16. The molecule has 0 unspecified atom stereocenters. The van der Waals surface area contributed by atoms with Gasteiger partial charge in [0.2, 0.25) is 10.0 Å². The zero-order valence-electron chi connectivity index (χ0n) is 12.9. The highest BCUT2D eigenvalue weighted by Crippen LogP contribution is 2.25. The molecule has 0 aliphatic carbocycles. The lowest BCUT2D eigenvalue weighted by Crippen LogP contribution is -2.45. The van der Waals surface area contributed by atoms with E-state index in [0.717, 1.165) is 0 Å². The van der Waals surface area contributed by atoms with Gasteiger partial charge in [0, 0.05) is 17.1 Å². The number of hydrogen-bond acceptors (Lipinski definition) is 4. The Kier molecular flexibility index (Phi) is 5.31. The van der Waals surface area contributed by atoms with Gasteiger partial charge < -0.3 is 10.5 Å². The molecular formula is C16H19ClN2O3S. The minimum Gasteiger partial charge on any atom is -0.457 e. The summed E-state index contributed by atoms with van der Waals surface area (Å²) in [5, 5.41) is 0.565. The van der Waals surface area contributed by atoms with Gasteiger partial charge in [-0.1, -0.05) is 17.7 Å². The molecule has 0 amide bonds. The summed E-state index contributed by atoms with van der Waals surface area (Å²) in [5.74, 6) is 1.10. The molecule has 0 aliphatic heterocycles. The first-order chi connectivity index (χ1) is 10.7. The summed E-state index contributed by atoms with van der Waals surface area (Å²) in [6.07, 6.45) is 0. The van der Waals surface area contributed by atoms with Crippen molar-refractivity contribution in [3.63, 3.8) is 0 Å². The van der Waals surface area contributed by atoms with Gasteiger partial charge in [-0.15, -0.1) is 0 Å². The fourth-order valence-electron chi connectivity index (χ4n) is 1.72. The number of hydrogen-bond donors (Lipinski definition) is 2. The van der Waals surface area contributed by atoms with Crippen LogP contribution < -0.4 is 15.2 Å². The molecule has 0 saturated carbocycles. The first-order valence-electron chi connectivity index (χ1n) is 6.98. The maximum absolute atomic E-state index is 12.2. The zero-order chi connectivity index (χ0) is 17.1. The second kappa shape index (κ2) is 6.88. The first kappa shape index (κ1) is 17.7. The molecule has 0 radical (unpaired) electrons. The average molecular weight is 355 g/mol. The van der Waals surface area contributed by atoms with Crippen LogP contribution in [0.2, 0.25) is 5.02 Å². The lowest BCUT2D eigenvalue weighted by Gasteiger charge is -2.19. The lowest BCUT2D eigenvalue weighted by molar-refractivity contribution is 0.482. The largest absolute Gasteiger partial charge is 0.457 e. The first-order valence-corrected chi connectivity index (χ1v) is 8.84. The fourth-order valence-corrected chi connectivity index (χ4v) is 3.12. The Labute approximate surface area is 141 Å². The van der Waals surface area contributed by atoms with E-state index in [1.807, 2.05) is 0 Å². The molecule has 0 spiro atoms. The van der Waals surface area contributed by atoms with Crippen LogP contribution in [0.4, 0.5) is 0 Å². The Morgan fingerprint density at radius 3 is 2.35 bits per heavy atom. The predicted molar refractivity (Wildman–Crippen MR) is 91.4 cm³/mol. The lowest BCUT2D eigenvalue weighted by atomic mass is 10.1. The number of benzene rings is 2. The number of nitrogens with two attached hydrogens (primary N) is 1. The number of nitrogens with one attached hydrogen (secondary N) is 1. The van der Waals surface area contributed by atoms with Crippen molar-refractivity contribution in [1.29, 1.82) is 0 Å². The standard InChI is InChI=1S/C16H19ClN2O3S/c1-16(2,18)11-19-23(20,21)15-8-6-13(7-9-15)22-14-5-3-4-12(17)10-14/h3-10,19H,11,18H2,1-2H3. The molecule has 0 aromatic heterocycles. The van der Waals surface area contributed by atoms with E-state index in [9.17, 15) is 8.42 Å². The van der Waals surface area contributed by atoms with E-state index < -0.39 is 15.6 Å². The minimum atomic E-state index is -3.60. The van der Waals surface area contributed by atoms with Gasteiger partial charge in [0.15, 0.2) is 0 Å².